The van der Waals surface area contributed by atoms with E-state index in [4.69, 9.17) is 0 Å². The molecule has 2 aromatic heterocycles. The Morgan fingerprint density at radius 1 is 1.17 bits per heavy atom. The van der Waals surface area contributed by atoms with E-state index in [2.05, 4.69) is 10.3 Å². The van der Waals surface area contributed by atoms with Crippen LogP contribution in [0, 0.1) is 17.5 Å². The second-order valence-electron chi connectivity index (χ2n) is 4.87. The molecule has 0 saturated carbocycles. The molecule has 0 aliphatic heterocycles. The molecule has 0 radical (unpaired) electrons. The summed E-state index contributed by atoms with van der Waals surface area (Å²) in [5.74, 6) is -5.03. The van der Waals surface area contributed by atoms with E-state index in [9.17, 15) is 18.0 Å². The van der Waals surface area contributed by atoms with Gasteiger partial charge in [-0.15, -0.1) is 0 Å². The zero-order chi connectivity index (χ0) is 16.6. The highest BCUT2D eigenvalue weighted by Crippen LogP contribution is 2.21. The summed E-state index contributed by atoms with van der Waals surface area (Å²) >= 11 is 0. The Bertz CT molecular complexity index is 905. The van der Waals surface area contributed by atoms with Crippen LogP contribution in [0.2, 0.25) is 0 Å². The summed E-state index contributed by atoms with van der Waals surface area (Å²) in [5, 5.41) is 2.27. The Labute approximate surface area is 129 Å². The van der Waals surface area contributed by atoms with Crippen LogP contribution in [-0.2, 0) is 6.42 Å². The average Bonchev–Trinajstić information content (AvgIpc) is 2.94. The van der Waals surface area contributed by atoms with E-state index in [1.165, 1.54) is 0 Å². The molecule has 4 nitrogen and oxygen atoms in total. The number of carbonyl (C=O) groups is 1. The van der Waals surface area contributed by atoms with E-state index < -0.39 is 29.0 Å². The first kappa shape index (κ1) is 15.1. The summed E-state index contributed by atoms with van der Waals surface area (Å²) < 4.78 is 41.5. The second-order valence-corrected chi connectivity index (χ2v) is 4.87. The molecule has 23 heavy (non-hydrogen) atoms. The van der Waals surface area contributed by atoms with Gasteiger partial charge < -0.3 is 5.32 Å². The van der Waals surface area contributed by atoms with Gasteiger partial charge in [-0.3, -0.25) is 9.20 Å². The van der Waals surface area contributed by atoms with Gasteiger partial charge in [-0.05, 0) is 30.7 Å². The van der Waals surface area contributed by atoms with Crippen molar-refractivity contribution in [3.05, 3.63) is 65.4 Å². The number of carbonyl (C=O) groups excluding carboxylic acids is 1. The number of aromatic nitrogens is 2. The maximum absolute atomic E-state index is 13.7. The lowest BCUT2D eigenvalue weighted by molar-refractivity contribution is 0.102. The lowest BCUT2D eigenvalue weighted by Crippen LogP contribution is -2.17. The van der Waals surface area contributed by atoms with Gasteiger partial charge in [0.1, 0.15) is 11.3 Å². The van der Waals surface area contributed by atoms with Gasteiger partial charge in [0.05, 0.1) is 11.4 Å². The number of hydrogen-bond donors (Lipinski definition) is 1. The average molecular weight is 319 g/mol. The molecule has 1 N–H and O–H groups in total. The number of halogens is 3. The van der Waals surface area contributed by atoms with Crippen molar-refractivity contribution in [1.29, 1.82) is 0 Å². The van der Waals surface area contributed by atoms with Gasteiger partial charge in [0.15, 0.2) is 17.5 Å². The molecule has 0 saturated heterocycles. The Kier molecular flexibility index (Phi) is 3.77. The fourth-order valence-electron chi connectivity index (χ4n) is 2.34. The van der Waals surface area contributed by atoms with Gasteiger partial charge in [0.2, 0.25) is 0 Å². The van der Waals surface area contributed by atoms with Crippen LogP contribution in [-0.4, -0.2) is 15.3 Å². The number of benzene rings is 1. The summed E-state index contributed by atoms with van der Waals surface area (Å²) in [4.78, 5) is 16.8. The molecule has 0 aliphatic carbocycles. The van der Waals surface area contributed by atoms with E-state index in [0.29, 0.717) is 17.8 Å². The number of anilines is 1. The molecular weight excluding hydrogens is 307 g/mol. The van der Waals surface area contributed by atoms with Crippen LogP contribution in [0.5, 0.6) is 0 Å². The molecule has 1 aromatic carbocycles. The quantitative estimate of drug-likeness (QED) is 0.750. The Hall–Kier alpha value is -2.83. The molecule has 0 fully saturated rings. The molecule has 1 amide bonds. The third-order valence-electron chi connectivity index (χ3n) is 3.44. The molecular formula is C16H12F3N3O. The van der Waals surface area contributed by atoms with Gasteiger partial charge in [-0.1, -0.05) is 13.0 Å². The molecule has 2 heterocycles. The molecule has 3 aromatic rings. The van der Waals surface area contributed by atoms with Crippen LogP contribution in [0.4, 0.5) is 18.9 Å². The van der Waals surface area contributed by atoms with Crippen LogP contribution in [0.3, 0.4) is 0 Å². The second kappa shape index (κ2) is 5.75. The number of imidazole rings is 1. The first-order chi connectivity index (χ1) is 11.0. The topological polar surface area (TPSA) is 46.4 Å². The number of aryl methyl sites for hydroxylation is 1. The standard InChI is InChI=1S/C16H12F3N3O/c1-2-10-15(22-8-4-3-5-12(22)20-10)16(23)21-11-7-6-9(17)13(18)14(11)19/h3-8H,2H2,1H3,(H,21,23). The van der Waals surface area contributed by atoms with E-state index >= 15 is 0 Å². The lowest BCUT2D eigenvalue weighted by Gasteiger charge is -2.08. The Morgan fingerprint density at radius 3 is 2.70 bits per heavy atom. The van der Waals surface area contributed by atoms with Crippen molar-refractivity contribution in [3.8, 4) is 0 Å². The summed E-state index contributed by atoms with van der Waals surface area (Å²) in [6.07, 6.45) is 2.14. The molecule has 0 atom stereocenters. The van der Waals surface area contributed by atoms with Crippen LogP contribution in [0.15, 0.2) is 36.5 Å². The minimum Gasteiger partial charge on any atom is -0.318 e. The number of hydrogen-bond acceptors (Lipinski definition) is 2. The van der Waals surface area contributed by atoms with Gasteiger partial charge in [0, 0.05) is 6.20 Å². The third kappa shape index (κ3) is 2.54. The van der Waals surface area contributed by atoms with Crippen molar-refractivity contribution in [1.82, 2.24) is 9.38 Å². The number of nitrogens with zero attached hydrogens (tertiary/aromatic N) is 2. The summed E-state index contributed by atoms with van der Waals surface area (Å²) in [6.45, 7) is 1.83. The monoisotopic (exact) mass is 319 g/mol. The number of amides is 1. The van der Waals surface area contributed by atoms with Gasteiger partial charge in [0.25, 0.3) is 5.91 Å². The van der Waals surface area contributed by atoms with Crippen molar-refractivity contribution < 1.29 is 18.0 Å². The fraction of sp³-hybridized carbons (Fsp3) is 0.125. The molecule has 118 valence electrons. The van der Waals surface area contributed by atoms with Gasteiger partial charge in [-0.2, -0.15) is 0 Å². The summed E-state index contributed by atoms with van der Waals surface area (Å²) in [5.41, 5.74) is 0.894. The molecule has 3 rings (SSSR count). The predicted octanol–water partition coefficient (Wildman–Crippen LogP) is 3.57. The normalized spacial score (nSPS) is 11.0. The van der Waals surface area contributed by atoms with Crippen LogP contribution < -0.4 is 5.32 Å². The van der Waals surface area contributed by atoms with Crippen molar-refractivity contribution >= 4 is 17.2 Å². The number of pyridine rings is 1. The number of fused-ring (bicyclic) bond motifs is 1. The maximum atomic E-state index is 13.7. The molecule has 7 heteroatoms. The minimum absolute atomic E-state index is 0.229. The van der Waals surface area contributed by atoms with Gasteiger partial charge >= 0.3 is 0 Å². The number of nitrogens with one attached hydrogen (secondary N) is 1. The highest BCUT2D eigenvalue weighted by molar-refractivity contribution is 6.04. The molecule has 0 unspecified atom stereocenters. The van der Waals surface area contributed by atoms with E-state index in [0.717, 1.165) is 12.1 Å². The van der Waals surface area contributed by atoms with Crippen molar-refractivity contribution in [2.75, 3.05) is 5.32 Å². The predicted molar refractivity (Wildman–Crippen MR) is 78.8 cm³/mol. The summed E-state index contributed by atoms with van der Waals surface area (Å²) in [6, 6.07) is 6.96. The Balaban J connectivity index is 2.03. The Morgan fingerprint density at radius 2 is 1.96 bits per heavy atom. The largest absolute Gasteiger partial charge is 0.318 e. The van der Waals surface area contributed by atoms with E-state index in [1.807, 2.05) is 6.92 Å². The minimum atomic E-state index is -1.63. The smallest absolute Gasteiger partial charge is 0.274 e. The molecule has 0 bridgehead atoms. The van der Waals surface area contributed by atoms with Gasteiger partial charge in [-0.25, -0.2) is 18.2 Å². The van der Waals surface area contributed by atoms with E-state index in [-0.39, 0.29) is 5.69 Å². The zero-order valence-corrected chi connectivity index (χ0v) is 12.1. The SMILES string of the molecule is CCc1nc2ccccn2c1C(=O)Nc1ccc(F)c(F)c1F. The van der Waals surface area contributed by atoms with Crippen molar-refractivity contribution in [2.24, 2.45) is 0 Å². The van der Waals surface area contributed by atoms with Crippen molar-refractivity contribution in [2.45, 2.75) is 13.3 Å². The number of rotatable bonds is 3. The highest BCUT2D eigenvalue weighted by atomic mass is 19.2. The highest BCUT2D eigenvalue weighted by Gasteiger charge is 2.21. The van der Waals surface area contributed by atoms with Crippen LogP contribution in [0.1, 0.15) is 23.1 Å². The van der Waals surface area contributed by atoms with Crippen LogP contribution >= 0.6 is 0 Å². The third-order valence-corrected chi connectivity index (χ3v) is 3.44. The maximum Gasteiger partial charge on any atom is 0.274 e. The first-order valence-electron chi connectivity index (χ1n) is 6.93. The molecule has 0 aliphatic rings. The molecule has 0 spiro atoms. The van der Waals surface area contributed by atoms with Crippen molar-refractivity contribution in [3.63, 3.8) is 0 Å². The lowest BCUT2D eigenvalue weighted by atomic mass is 10.2. The van der Waals surface area contributed by atoms with Crippen LogP contribution in [0.25, 0.3) is 5.65 Å². The van der Waals surface area contributed by atoms with E-state index in [1.54, 1.807) is 28.8 Å². The fourth-order valence-corrected chi connectivity index (χ4v) is 2.34. The zero-order valence-electron chi connectivity index (χ0n) is 12.1. The summed E-state index contributed by atoms with van der Waals surface area (Å²) in [7, 11) is 0. The first-order valence-corrected chi connectivity index (χ1v) is 6.93.